The van der Waals surface area contributed by atoms with Gasteiger partial charge >= 0.3 is 0 Å². The molecule has 3 fully saturated rings. The van der Waals surface area contributed by atoms with Gasteiger partial charge in [-0.2, -0.15) is 0 Å². The van der Waals surface area contributed by atoms with Crippen LogP contribution in [0.2, 0.25) is 0 Å². The number of hydrogen-bond acceptors (Lipinski definition) is 3. The van der Waals surface area contributed by atoms with Crippen molar-refractivity contribution >= 4 is 5.91 Å². The summed E-state index contributed by atoms with van der Waals surface area (Å²) in [5.74, 6) is 1.92. The second-order valence-electron chi connectivity index (χ2n) is 8.48. The van der Waals surface area contributed by atoms with Gasteiger partial charge < -0.3 is 10.2 Å². The van der Waals surface area contributed by atoms with Gasteiger partial charge in [-0.1, -0.05) is 31.4 Å². The first-order valence-corrected chi connectivity index (χ1v) is 10.6. The van der Waals surface area contributed by atoms with Gasteiger partial charge in [-0.15, -0.1) is 0 Å². The molecule has 3 aliphatic rings. The van der Waals surface area contributed by atoms with Gasteiger partial charge in [-0.3, -0.25) is 9.69 Å². The van der Waals surface area contributed by atoms with E-state index in [-0.39, 0.29) is 5.91 Å². The number of piperazine rings is 1. The molecule has 1 N–H and O–H groups in total. The average molecular weight is 356 g/mol. The van der Waals surface area contributed by atoms with Gasteiger partial charge in [0.05, 0.1) is 0 Å². The monoisotopic (exact) mass is 355 g/mol. The van der Waals surface area contributed by atoms with Crippen LogP contribution in [0.5, 0.6) is 0 Å². The van der Waals surface area contributed by atoms with Crippen LogP contribution < -0.4 is 5.32 Å². The highest BCUT2D eigenvalue weighted by molar-refractivity contribution is 5.94. The van der Waals surface area contributed by atoms with Crippen molar-refractivity contribution in [3.8, 4) is 0 Å². The molecule has 2 heterocycles. The van der Waals surface area contributed by atoms with Gasteiger partial charge in [0, 0.05) is 38.3 Å². The van der Waals surface area contributed by atoms with E-state index in [4.69, 9.17) is 0 Å². The lowest BCUT2D eigenvalue weighted by atomic mass is 9.81. The summed E-state index contributed by atoms with van der Waals surface area (Å²) in [6, 6.07) is 8.41. The number of amides is 1. The average Bonchev–Trinajstić information content (AvgIpc) is 2.66. The third kappa shape index (κ3) is 4.47. The van der Waals surface area contributed by atoms with E-state index < -0.39 is 0 Å². The first kappa shape index (κ1) is 18.0. The minimum atomic E-state index is 0.210. The van der Waals surface area contributed by atoms with Crippen molar-refractivity contribution in [3.63, 3.8) is 0 Å². The van der Waals surface area contributed by atoms with Crippen molar-refractivity contribution < 1.29 is 4.79 Å². The summed E-state index contributed by atoms with van der Waals surface area (Å²) in [7, 11) is 0. The number of rotatable bonds is 5. The lowest BCUT2D eigenvalue weighted by Crippen LogP contribution is -2.50. The maximum absolute atomic E-state index is 12.8. The SMILES string of the molecule is O=C(c1ccc(CC2CCC2)cc1)N1CCN(CC2CCNCC2)CC1. The van der Waals surface area contributed by atoms with Crippen LogP contribution in [0.15, 0.2) is 24.3 Å². The smallest absolute Gasteiger partial charge is 0.253 e. The van der Waals surface area contributed by atoms with Crippen LogP contribution in [0, 0.1) is 11.8 Å². The first-order valence-electron chi connectivity index (χ1n) is 10.6. The molecule has 2 saturated heterocycles. The van der Waals surface area contributed by atoms with Gasteiger partial charge in [0.25, 0.3) is 5.91 Å². The zero-order valence-corrected chi connectivity index (χ0v) is 16.0. The minimum absolute atomic E-state index is 0.210. The Balaban J connectivity index is 1.24. The maximum Gasteiger partial charge on any atom is 0.253 e. The van der Waals surface area contributed by atoms with Gasteiger partial charge in [0.1, 0.15) is 0 Å². The summed E-state index contributed by atoms with van der Waals surface area (Å²) in [6.45, 7) is 7.32. The molecule has 1 aliphatic carbocycles. The molecular formula is C22H33N3O. The van der Waals surface area contributed by atoms with E-state index in [1.165, 1.54) is 63.7 Å². The number of carbonyl (C=O) groups is 1. The van der Waals surface area contributed by atoms with E-state index in [2.05, 4.69) is 22.3 Å². The Hall–Kier alpha value is -1.39. The van der Waals surface area contributed by atoms with Gasteiger partial charge in [-0.25, -0.2) is 0 Å². The Bertz CT molecular complexity index is 582. The number of nitrogens with zero attached hydrogens (tertiary/aromatic N) is 2. The lowest BCUT2D eigenvalue weighted by Gasteiger charge is -2.37. The summed E-state index contributed by atoms with van der Waals surface area (Å²) in [5, 5.41) is 3.44. The highest BCUT2D eigenvalue weighted by Gasteiger charge is 2.24. The van der Waals surface area contributed by atoms with E-state index in [9.17, 15) is 4.79 Å². The van der Waals surface area contributed by atoms with Crippen molar-refractivity contribution in [1.29, 1.82) is 0 Å². The van der Waals surface area contributed by atoms with Crippen molar-refractivity contribution in [1.82, 2.24) is 15.1 Å². The fourth-order valence-corrected chi connectivity index (χ4v) is 4.56. The normalized spacial score (nSPS) is 23.0. The second kappa shape index (κ2) is 8.53. The van der Waals surface area contributed by atoms with E-state index in [1.54, 1.807) is 0 Å². The predicted molar refractivity (Wildman–Crippen MR) is 105 cm³/mol. The van der Waals surface area contributed by atoms with Crippen LogP contribution in [0.1, 0.15) is 48.0 Å². The Morgan fingerprint density at radius 2 is 1.62 bits per heavy atom. The molecule has 4 heteroatoms. The molecule has 1 aromatic rings. The Morgan fingerprint density at radius 3 is 2.23 bits per heavy atom. The number of piperidine rings is 1. The molecule has 0 atom stereocenters. The zero-order valence-electron chi connectivity index (χ0n) is 16.0. The molecule has 0 aromatic heterocycles. The Labute approximate surface area is 157 Å². The van der Waals surface area contributed by atoms with Gasteiger partial charge in [-0.05, 0) is 61.9 Å². The molecule has 0 radical (unpaired) electrons. The largest absolute Gasteiger partial charge is 0.336 e. The summed E-state index contributed by atoms with van der Waals surface area (Å²) >= 11 is 0. The highest BCUT2D eigenvalue weighted by atomic mass is 16.2. The molecule has 26 heavy (non-hydrogen) atoms. The molecule has 2 aliphatic heterocycles. The highest BCUT2D eigenvalue weighted by Crippen LogP contribution is 2.29. The lowest BCUT2D eigenvalue weighted by molar-refractivity contribution is 0.0608. The number of benzene rings is 1. The van der Waals surface area contributed by atoms with Crippen LogP contribution in [0.25, 0.3) is 0 Å². The maximum atomic E-state index is 12.8. The van der Waals surface area contributed by atoms with Crippen LogP contribution in [-0.2, 0) is 6.42 Å². The standard InChI is InChI=1S/C22H33N3O/c26-22(21-6-4-19(5-7-21)16-18-2-1-3-18)25-14-12-24(13-15-25)17-20-8-10-23-11-9-20/h4-7,18,20,23H,1-3,8-17H2. The number of hydrogen-bond donors (Lipinski definition) is 1. The van der Waals surface area contributed by atoms with Crippen LogP contribution >= 0.6 is 0 Å². The Kier molecular flexibility index (Phi) is 5.91. The zero-order chi connectivity index (χ0) is 17.8. The molecule has 4 rings (SSSR count). The third-order valence-electron chi connectivity index (χ3n) is 6.58. The summed E-state index contributed by atoms with van der Waals surface area (Å²) in [5.41, 5.74) is 2.24. The molecular weight excluding hydrogens is 322 g/mol. The van der Waals surface area contributed by atoms with Crippen molar-refractivity contribution in [2.24, 2.45) is 11.8 Å². The van der Waals surface area contributed by atoms with Crippen molar-refractivity contribution in [2.45, 2.75) is 38.5 Å². The van der Waals surface area contributed by atoms with Crippen LogP contribution in [0.3, 0.4) is 0 Å². The van der Waals surface area contributed by atoms with Crippen molar-refractivity contribution in [3.05, 3.63) is 35.4 Å². The van der Waals surface area contributed by atoms with Crippen LogP contribution in [0.4, 0.5) is 0 Å². The molecule has 142 valence electrons. The predicted octanol–water partition coefficient (Wildman–Crippen LogP) is 2.79. The summed E-state index contributed by atoms with van der Waals surface area (Å²) < 4.78 is 0. The third-order valence-corrected chi connectivity index (χ3v) is 6.58. The molecule has 0 spiro atoms. The quantitative estimate of drug-likeness (QED) is 0.882. The van der Waals surface area contributed by atoms with E-state index in [0.29, 0.717) is 0 Å². The van der Waals surface area contributed by atoms with Crippen molar-refractivity contribution in [2.75, 3.05) is 45.8 Å². The van der Waals surface area contributed by atoms with E-state index in [1.807, 2.05) is 17.0 Å². The topological polar surface area (TPSA) is 35.6 Å². The molecule has 1 amide bonds. The summed E-state index contributed by atoms with van der Waals surface area (Å²) in [4.78, 5) is 17.4. The fourth-order valence-electron chi connectivity index (χ4n) is 4.56. The van der Waals surface area contributed by atoms with E-state index in [0.717, 1.165) is 43.6 Å². The van der Waals surface area contributed by atoms with E-state index >= 15 is 0 Å². The molecule has 1 saturated carbocycles. The number of nitrogens with one attached hydrogen (secondary N) is 1. The Morgan fingerprint density at radius 1 is 0.923 bits per heavy atom. The van der Waals surface area contributed by atoms with Gasteiger partial charge in [0.15, 0.2) is 0 Å². The molecule has 0 bridgehead atoms. The number of carbonyl (C=O) groups excluding carboxylic acids is 1. The van der Waals surface area contributed by atoms with Crippen LogP contribution in [-0.4, -0.2) is 61.5 Å². The molecule has 1 aromatic carbocycles. The summed E-state index contributed by atoms with van der Waals surface area (Å²) in [6.07, 6.45) is 7.93. The molecule has 4 nitrogen and oxygen atoms in total. The second-order valence-corrected chi connectivity index (χ2v) is 8.48. The minimum Gasteiger partial charge on any atom is -0.336 e. The molecule has 0 unspecified atom stereocenters. The fraction of sp³-hybridized carbons (Fsp3) is 0.682. The van der Waals surface area contributed by atoms with Gasteiger partial charge in [0.2, 0.25) is 0 Å². The first-order chi connectivity index (χ1) is 12.8.